The smallest absolute Gasteiger partial charge is 0.0924 e. The van der Waals surface area contributed by atoms with Crippen molar-refractivity contribution in [1.29, 1.82) is 0 Å². The van der Waals surface area contributed by atoms with Crippen LogP contribution in [0.15, 0.2) is 18.6 Å². The van der Waals surface area contributed by atoms with Crippen molar-refractivity contribution < 1.29 is 0 Å². The molecule has 1 N–H and O–H groups in total. The first-order chi connectivity index (χ1) is 6.93. The standard InChI is InChI=1S/C12H20N2/c1-2-3-4-5-6-7-8-9-12-10-13-11-14-12/h8-11H,2-7H2,1H3,(H,13,14)/b9-8-. The third-order valence-corrected chi connectivity index (χ3v) is 2.29. The second kappa shape index (κ2) is 7.36. The minimum absolute atomic E-state index is 1.10. The number of nitrogens with zero attached hydrogens (tertiary/aromatic N) is 1. The Bertz CT molecular complexity index is 237. The van der Waals surface area contributed by atoms with Gasteiger partial charge in [0.15, 0.2) is 0 Å². The average molecular weight is 192 g/mol. The first-order valence-electron chi connectivity index (χ1n) is 5.58. The number of imidazole rings is 1. The molecule has 1 aromatic rings. The van der Waals surface area contributed by atoms with E-state index in [0.717, 1.165) is 5.69 Å². The number of hydrogen-bond donors (Lipinski definition) is 1. The zero-order chi connectivity index (χ0) is 10.1. The monoisotopic (exact) mass is 192 g/mol. The molecule has 0 fully saturated rings. The van der Waals surface area contributed by atoms with E-state index in [1.807, 2.05) is 6.20 Å². The van der Waals surface area contributed by atoms with Crippen LogP contribution in [0.2, 0.25) is 0 Å². The normalized spacial score (nSPS) is 11.2. The summed E-state index contributed by atoms with van der Waals surface area (Å²) >= 11 is 0. The van der Waals surface area contributed by atoms with Gasteiger partial charge in [0.05, 0.1) is 18.2 Å². The number of allylic oxidation sites excluding steroid dienone is 1. The number of rotatable bonds is 7. The fraction of sp³-hybridized carbons (Fsp3) is 0.583. The maximum Gasteiger partial charge on any atom is 0.0924 e. The van der Waals surface area contributed by atoms with E-state index in [9.17, 15) is 0 Å². The molecule has 14 heavy (non-hydrogen) atoms. The molecule has 1 aromatic heterocycles. The highest BCUT2D eigenvalue weighted by Crippen LogP contribution is 2.06. The largest absolute Gasteiger partial charge is 0.345 e. The van der Waals surface area contributed by atoms with Gasteiger partial charge in [0.25, 0.3) is 0 Å². The van der Waals surface area contributed by atoms with Crippen LogP contribution < -0.4 is 0 Å². The van der Waals surface area contributed by atoms with Gasteiger partial charge < -0.3 is 4.98 Å². The number of hydrogen-bond acceptors (Lipinski definition) is 1. The molecule has 2 heteroatoms. The molecule has 78 valence electrons. The topological polar surface area (TPSA) is 28.7 Å². The van der Waals surface area contributed by atoms with Crippen molar-refractivity contribution in [3.05, 3.63) is 24.3 Å². The Labute approximate surface area is 86.5 Å². The summed E-state index contributed by atoms with van der Waals surface area (Å²) in [7, 11) is 0. The Morgan fingerprint density at radius 3 is 2.86 bits per heavy atom. The van der Waals surface area contributed by atoms with E-state index < -0.39 is 0 Å². The number of unbranched alkanes of at least 4 members (excludes halogenated alkanes) is 5. The molecule has 0 aliphatic carbocycles. The van der Waals surface area contributed by atoms with Gasteiger partial charge in [-0.15, -0.1) is 0 Å². The lowest BCUT2D eigenvalue weighted by Gasteiger charge is -1.95. The predicted octanol–water partition coefficient (Wildman–Crippen LogP) is 3.78. The van der Waals surface area contributed by atoms with Gasteiger partial charge in [0, 0.05) is 0 Å². The molecule has 1 rings (SSSR count). The first-order valence-corrected chi connectivity index (χ1v) is 5.58. The van der Waals surface area contributed by atoms with Crippen LogP contribution in [0.1, 0.15) is 51.1 Å². The van der Waals surface area contributed by atoms with Crippen molar-refractivity contribution in [2.75, 3.05) is 0 Å². The van der Waals surface area contributed by atoms with Crippen molar-refractivity contribution in [3.8, 4) is 0 Å². The Morgan fingerprint density at radius 1 is 1.29 bits per heavy atom. The van der Waals surface area contributed by atoms with Gasteiger partial charge in [0.2, 0.25) is 0 Å². The second-order valence-corrected chi connectivity index (χ2v) is 3.61. The van der Waals surface area contributed by atoms with Crippen LogP contribution in [-0.2, 0) is 0 Å². The minimum atomic E-state index is 1.10. The minimum Gasteiger partial charge on any atom is -0.345 e. The van der Waals surface area contributed by atoms with E-state index in [2.05, 4.69) is 29.0 Å². The molecular formula is C12H20N2. The number of aromatic amines is 1. The molecule has 0 aliphatic heterocycles. The zero-order valence-electron chi connectivity index (χ0n) is 9.00. The maximum absolute atomic E-state index is 3.95. The molecule has 0 bridgehead atoms. The number of H-pyrrole nitrogens is 1. The van der Waals surface area contributed by atoms with Crippen LogP contribution in [-0.4, -0.2) is 9.97 Å². The van der Waals surface area contributed by atoms with Crippen LogP contribution in [0.25, 0.3) is 6.08 Å². The van der Waals surface area contributed by atoms with Gasteiger partial charge >= 0.3 is 0 Å². The fourth-order valence-corrected chi connectivity index (χ4v) is 1.43. The summed E-state index contributed by atoms with van der Waals surface area (Å²) in [5.74, 6) is 0. The molecule has 0 radical (unpaired) electrons. The van der Waals surface area contributed by atoms with Gasteiger partial charge in [-0.25, -0.2) is 4.98 Å². The summed E-state index contributed by atoms with van der Waals surface area (Å²) in [6, 6.07) is 0. The van der Waals surface area contributed by atoms with Gasteiger partial charge in [-0.3, -0.25) is 0 Å². The highest BCUT2D eigenvalue weighted by molar-refractivity contribution is 5.42. The first kappa shape index (κ1) is 11.0. The highest BCUT2D eigenvalue weighted by Gasteiger charge is 1.87. The quantitative estimate of drug-likeness (QED) is 0.654. The van der Waals surface area contributed by atoms with Crippen molar-refractivity contribution in [2.24, 2.45) is 0 Å². The Morgan fingerprint density at radius 2 is 2.14 bits per heavy atom. The van der Waals surface area contributed by atoms with Crippen molar-refractivity contribution in [3.63, 3.8) is 0 Å². The molecule has 0 unspecified atom stereocenters. The highest BCUT2D eigenvalue weighted by atomic mass is 14.8. The van der Waals surface area contributed by atoms with E-state index in [4.69, 9.17) is 0 Å². The maximum atomic E-state index is 3.95. The van der Waals surface area contributed by atoms with Gasteiger partial charge in [-0.05, 0) is 18.9 Å². The van der Waals surface area contributed by atoms with Gasteiger partial charge in [-0.2, -0.15) is 0 Å². The molecular weight excluding hydrogens is 172 g/mol. The van der Waals surface area contributed by atoms with E-state index >= 15 is 0 Å². The van der Waals surface area contributed by atoms with Crippen LogP contribution in [0.3, 0.4) is 0 Å². The average Bonchev–Trinajstić information content (AvgIpc) is 2.69. The molecule has 0 aliphatic rings. The Balaban J connectivity index is 1.98. The van der Waals surface area contributed by atoms with Gasteiger partial charge in [-0.1, -0.05) is 38.7 Å². The van der Waals surface area contributed by atoms with Crippen molar-refractivity contribution >= 4 is 6.08 Å². The molecule has 0 atom stereocenters. The molecule has 1 heterocycles. The summed E-state index contributed by atoms with van der Waals surface area (Å²) in [5.41, 5.74) is 1.10. The fourth-order valence-electron chi connectivity index (χ4n) is 1.43. The Kier molecular flexibility index (Phi) is 5.80. The second-order valence-electron chi connectivity index (χ2n) is 3.61. The van der Waals surface area contributed by atoms with Crippen molar-refractivity contribution in [1.82, 2.24) is 9.97 Å². The number of nitrogens with one attached hydrogen (secondary N) is 1. The van der Waals surface area contributed by atoms with Gasteiger partial charge in [0.1, 0.15) is 0 Å². The Hall–Kier alpha value is -1.05. The SMILES string of the molecule is CCCCCCC/C=C\c1cnc[nH]1. The van der Waals surface area contributed by atoms with E-state index in [0.29, 0.717) is 0 Å². The summed E-state index contributed by atoms with van der Waals surface area (Å²) in [4.78, 5) is 7.01. The van der Waals surface area contributed by atoms with Crippen LogP contribution in [0.5, 0.6) is 0 Å². The lowest BCUT2D eigenvalue weighted by Crippen LogP contribution is -1.76. The van der Waals surface area contributed by atoms with Crippen LogP contribution >= 0.6 is 0 Å². The molecule has 2 nitrogen and oxygen atoms in total. The molecule has 0 aromatic carbocycles. The van der Waals surface area contributed by atoms with E-state index in [1.54, 1.807) is 6.33 Å². The zero-order valence-corrected chi connectivity index (χ0v) is 9.00. The van der Waals surface area contributed by atoms with E-state index in [-0.39, 0.29) is 0 Å². The molecule has 0 spiro atoms. The predicted molar refractivity (Wildman–Crippen MR) is 61.0 cm³/mol. The summed E-state index contributed by atoms with van der Waals surface area (Å²) in [6.07, 6.45) is 15.8. The van der Waals surface area contributed by atoms with E-state index in [1.165, 1.54) is 38.5 Å². The summed E-state index contributed by atoms with van der Waals surface area (Å²) in [5, 5.41) is 0. The summed E-state index contributed by atoms with van der Waals surface area (Å²) < 4.78 is 0. The third kappa shape index (κ3) is 4.85. The van der Waals surface area contributed by atoms with Crippen LogP contribution in [0.4, 0.5) is 0 Å². The lowest BCUT2D eigenvalue weighted by atomic mass is 10.1. The lowest BCUT2D eigenvalue weighted by molar-refractivity contribution is 0.638. The van der Waals surface area contributed by atoms with Crippen LogP contribution in [0, 0.1) is 0 Å². The number of aromatic nitrogens is 2. The molecule has 0 saturated heterocycles. The molecule has 0 amide bonds. The summed E-state index contributed by atoms with van der Waals surface area (Å²) in [6.45, 7) is 2.25. The third-order valence-electron chi connectivity index (χ3n) is 2.29. The van der Waals surface area contributed by atoms with Crippen molar-refractivity contribution in [2.45, 2.75) is 45.4 Å². The molecule has 0 saturated carbocycles.